The second kappa shape index (κ2) is 8.53. The molecule has 0 aliphatic heterocycles. The Balaban J connectivity index is 1.83. The monoisotopic (exact) mass is 398 g/mol. The largest absolute Gasteiger partial charge is 0.507 e. The Morgan fingerprint density at radius 1 is 1.07 bits per heavy atom. The molecule has 0 aliphatic rings. The molecule has 1 aromatic heterocycles. The van der Waals surface area contributed by atoms with Crippen molar-refractivity contribution in [3.05, 3.63) is 70.7 Å². The lowest BCUT2D eigenvalue weighted by atomic mass is 10.1. The molecule has 0 saturated carbocycles. The number of hydrogen-bond acceptors (Lipinski definition) is 5. The second-order valence-electron chi connectivity index (χ2n) is 6.22. The minimum absolute atomic E-state index is 0.0669. The van der Waals surface area contributed by atoms with Crippen LogP contribution < -0.4 is 15.2 Å². The molecule has 1 atom stereocenters. The number of carbonyl (C=O) groups excluding carboxylic acids is 2. The number of phenolic OH excluding ortho intramolecular Hbond substituents is 2. The van der Waals surface area contributed by atoms with Crippen molar-refractivity contribution in [2.45, 2.75) is 12.5 Å². The van der Waals surface area contributed by atoms with Crippen molar-refractivity contribution in [3.63, 3.8) is 0 Å². The van der Waals surface area contributed by atoms with E-state index in [9.17, 15) is 19.8 Å². The normalized spacial score (nSPS) is 11.6. The average molecular weight is 398 g/mol. The molecular formula is C20H20N3O4S+. The van der Waals surface area contributed by atoms with Crippen molar-refractivity contribution in [2.75, 3.05) is 5.32 Å². The van der Waals surface area contributed by atoms with E-state index in [4.69, 9.17) is 0 Å². The van der Waals surface area contributed by atoms with Crippen molar-refractivity contribution in [1.29, 1.82) is 0 Å². The van der Waals surface area contributed by atoms with Gasteiger partial charge in [-0.05, 0) is 24.3 Å². The maximum atomic E-state index is 12.8. The fourth-order valence-electron chi connectivity index (χ4n) is 2.66. The molecule has 0 fully saturated rings. The number of aromatic hydroxyl groups is 2. The third-order valence-electron chi connectivity index (χ3n) is 4.22. The SMILES string of the molecule is C[n+]1cscc1C[C@H](NC(=O)c1ccccc1O)C(=O)Nc1ccccc1O. The fourth-order valence-corrected chi connectivity index (χ4v) is 3.46. The van der Waals surface area contributed by atoms with Crippen LogP contribution in [0.15, 0.2) is 59.4 Å². The highest BCUT2D eigenvalue weighted by atomic mass is 32.1. The molecule has 4 N–H and O–H groups in total. The van der Waals surface area contributed by atoms with Gasteiger partial charge in [-0.15, -0.1) is 0 Å². The van der Waals surface area contributed by atoms with Crippen molar-refractivity contribution in [1.82, 2.24) is 5.32 Å². The number of carbonyl (C=O) groups is 2. The summed E-state index contributed by atoms with van der Waals surface area (Å²) in [5.41, 5.74) is 3.08. The summed E-state index contributed by atoms with van der Waals surface area (Å²) in [6.45, 7) is 0. The first-order valence-corrected chi connectivity index (χ1v) is 9.48. The number of para-hydroxylation sites is 3. The van der Waals surface area contributed by atoms with Gasteiger partial charge in [-0.3, -0.25) is 9.59 Å². The Morgan fingerprint density at radius 3 is 2.39 bits per heavy atom. The average Bonchev–Trinajstić information content (AvgIpc) is 3.08. The van der Waals surface area contributed by atoms with Crippen LogP contribution >= 0.6 is 11.3 Å². The van der Waals surface area contributed by atoms with Crippen molar-refractivity contribution in [2.24, 2.45) is 7.05 Å². The maximum Gasteiger partial charge on any atom is 0.255 e. The predicted octanol–water partition coefficient (Wildman–Crippen LogP) is 1.96. The maximum absolute atomic E-state index is 12.8. The summed E-state index contributed by atoms with van der Waals surface area (Å²) in [5.74, 6) is -1.27. The molecule has 0 aliphatic carbocycles. The number of nitrogens with one attached hydrogen (secondary N) is 2. The molecule has 2 amide bonds. The van der Waals surface area contributed by atoms with Gasteiger partial charge in [0.15, 0.2) is 5.69 Å². The van der Waals surface area contributed by atoms with E-state index in [0.29, 0.717) is 0 Å². The minimum Gasteiger partial charge on any atom is -0.507 e. The van der Waals surface area contributed by atoms with Gasteiger partial charge in [0.25, 0.3) is 5.91 Å². The minimum atomic E-state index is -0.910. The zero-order valence-corrected chi connectivity index (χ0v) is 15.9. The molecule has 144 valence electrons. The van der Waals surface area contributed by atoms with Crippen LogP contribution in [0.25, 0.3) is 0 Å². The number of hydrogen-bond donors (Lipinski definition) is 4. The Hall–Kier alpha value is -3.39. The van der Waals surface area contributed by atoms with Gasteiger partial charge in [-0.2, -0.15) is 4.57 Å². The lowest BCUT2D eigenvalue weighted by molar-refractivity contribution is -0.674. The highest BCUT2D eigenvalue weighted by molar-refractivity contribution is 7.07. The van der Waals surface area contributed by atoms with E-state index in [1.54, 1.807) is 30.3 Å². The van der Waals surface area contributed by atoms with E-state index in [-0.39, 0.29) is 29.2 Å². The third kappa shape index (κ3) is 4.47. The van der Waals surface area contributed by atoms with E-state index in [2.05, 4.69) is 10.6 Å². The van der Waals surface area contributed by atoms with E-state index in [1.807, 2.05) is 22.5 Å². The summed E-state index contributed by atoms with van der Waals surface area (Å²) >= 11 is 1.48. The van der Waals surface area contributed by atoms with Crippen LogP contribution in [0.4, 0.5) is 5.69 Å². The van der Waals surface area contributed by atoms with Crippen LogP contribution in [-0.4, -0.2) is 28.1 Å². The molecular weight excluding hydrogens is 378 g/mol. The fraction of sp³-hybridized carbons (Fsp3) is 0.150. The Bertz CT molecular complexity index is 1000. The van der Waals surface area contributed by atoms with E-state index < -0.39 is 17.9 Å². The zero-order valence-electron chi connectivity index (χ0n) is 15.1. The Kier molecular flexibility index (Phi) is 5.90. The van der Waals surface area contributed by atoms with Crippen LogP contribution in [0.3, 0.4) is 0 Å². The molecule has 3 aromatic rings. The standard InChI is InChI=1S/C20H19N3O4S/c1-23-12-28-11-13(23)10-16(20(27)21-15-7-3-5-9-18(15)25)22-19(26)14-6-2-4-8-17(14)24/h2-9,11-12,16H,10H2,1H3,(H3-,21,22,24,25,26,27)/p+1/t16-/m0/s1. The molecule has 8 heteroatoms. The summed E-state index contributed by atoms with van der Waals surface area (Å²) in [6.07, 6.45) is 0.249. The van der Waals surface area contributed by atoms with Crippen molar-refractivity contribution in [3.8, 4) is 11.5 Å². The number of rotatable bonds is 6. The first-order chi connectivity index (χ1) is 13.5. The molecule has 2 aromatic carbocycles. The summed E-state index contributed by atoms with van der Waals surface area (Å²) in [7, 11) is 1.86. The number of phenols is 2. The van der Waals surface area contributed by atoms with Gasteiger partial charge in [0.05, 0.1) is 23.1 Å². The first kappa shape index (κ1) is 19.4. The number of anilines is 1. The van der Waals surface area contributed by atoms with Crippen LogP contribution in [0, 0.1) is 0 Å². The van der Waals surface area contributed by atoms with E-state index in [0.717, 1.165) is 5.69 Å². The number of aromatic nitrogens is 1. The molecule has 7 nitrogen and oxygen atoms in total. The van der Waals surface area contributed by atoms with E-state index >= 15 is 0 Å². The molecule has 0 spiro atoms. The van der Waals surface area contributed by atoms with Gasteiger partial charge in [-0.25, -0.2) is 0 Å². The molecule has 1 heterocycles. The van der Waals surface area contributed by atoms with Gasteiger partial charge in [0.1, 0.15) is 24.6 Å². The van der Waals surface area contributed by atoms with Gasteiger partial charge >= 0.3 is 0 Å². The highest BCUT2D eigenvalue weighted by Crippen LogP contribution is 2.22. The number of thiazole rings is 1. The molecule has 0 unspecified atom stereocenters. The summed E-state index contributed by atoms with van der Waals surface area (Å²) in [6, 6.07) is 11.6. The van der Waals surface area contributed by atoms with E-state index in [1.165, 1.54) is 29.5 Å². The zero-order chi connectivity index (χ0) is 20.1. The smallest absolute Gasteiger partial charge is 0.255 e. The lowest BCUT2D eigenvalue weighted by Gasteiger charge is -2.18. The summed E-state index contributed by atoms with van der Waals surface area (Å²) < 4.78 is 1.87. The van der Waals surface area contributed by atoms with Gasteiger partial charge in [0, 0.05) is 0 Å². The number of benzene rings is 2. The molecule has 0 saturated heterocycles. The quantitative estimate of drug-likeness (QED) is 0.377. The predicted molar refractivity (Wildman–Crippen MR) is 105 cm³/mol. The van der Waals surface area contributed by atoms with Crippen molar-refractivity contribution >= 4 is 28.8 Å². The molecule has 28 heavy (non-hydrogen) atoms. The summed E-state index contributed by atoms with van der Waals surface area (Å²) in [4.78, 5) is 25.5. The van der Waals surface area contributed by atoms with Crippen LogP contribution in [0.2, 0.25) is 0 Å². The second-order valence-corrected chi connectivity index (χ2v) is 6.93. The van der Waals surface area contributed by atoms with Crippen molar-refractivity contribution < 1.29 is 24.4 Å². The molecule has 0 bridgehead atoms. The first-order valence-electron chi connectivity index (χ1n) is 8.54. The summed E-state index contributed by atoms with van der Waals surface area (Å²) in [5, 5.41) is 27.0. The number of nitrogens with zero attached hydrogens (tertiary/aromatic N) is 1. The highest BCUT2D eigenvalue weighted by Gasteiger charge is 2.27. The Morgan fingerprint density at radius 2 is 1.75 bits per heavy atom. The Labute approximate surface area is 165 Å². The molecule has 3 rings (SSSR count). The number of aryl methyl sites for hydroxylation is 1. The topological polar surface area (TPSA) is 103 Å². The van der Waals surface area contributed by atoms with Crippen LogP contribution in [-0.2, 0) is 18.3 Å². The van der Waals surface area contributed by atoms with Crippen LogP contribution in [0.5, 0.6) is 11.5 Å². The third-order valence-corrected chi connectivity index (χ3v) is 5.07. The van der Waals surface area contributed by atoms with Gasteiger partial charge < -0.3 is 20.8 Å². The lowest BCUT2D eigenvalue weighted by Crippen LogP contribution is -2.47. The van der Waals surface area contributed by atoms with Crippen LogP contribution in [0.1, 0.15) is 16.1 Å². The number of amides is 2. The molecule has 0 radical (unpaired) electrons. The van der Waals surface area contributed by atoms with Gasteiger partial charge in [0.2, 0.25) is 11.4 Å². The van der Waals surface area contributed by atoms with Gasteiger partial charge in [-0.1, -0.05) is 35.6 Å².